The Labute approximate surface area is 103 Å². The second-order valence-corrected chi connectivity index (χ2v) is 4.87. The van der Waals surface area contributed by atoms with Gasteiger partial charge in [0.05, 0.1) is 6.04 Å². The fourth-order valence-corrected chi connectivity index (χ4v) is 2.20. The number of hydrogen-bond donors (Lipinski definition) is 1. The van der Waals surface area contributed by atoms with Gasteiger partial charge in [-0.3, -0.25) is 4.79 Å². The highest BCUT2D eigenvalue weighted by atomic mass is 16.2. The first-order valence-corrected chi connectivity index (χ1v) is 6.24. The average molecular weight is 232 g/mol. The minimum atomic E-state index is -0.366. The summed E-state index contributed by atoms with van der Waals surface area (Å²) in [4.78, 5) is 14.1. The van der Waals surface area contributed by atoms with Gasteiger partial charge in [-0.05, 0) is 17.0 Å². The van der Waals surface area contributed by atoms with E-state index in [2.05, 4.69) is 19.1 Å². The molecule has 1 aliphatic heterocycles. The lowest BCUT2D eigenvalue weighted by atomic mass is 9.99. The summed E-state index contributed by atoms with van der Waals surface area (Å²) in [6.07, 6.45) is 0.938. The first kappa shape index (κ1) is 12.1. The van der Waals surface area contributed by atoms with E-state index in [-0.39, 0.29) is 17.9 Å². The molecule has 1 aromatic rings. The summed E-state index contributed by atoms with van der Waals surface area (Å²) in [6.45, 7) is 5.51. The molecule has 0 saturated heterocycles. The van der Waals surface area contributed by atoms with E-state index in [9.17, 15) is 4.79 Å². The molecule has 3 heteroatoms. The highest BCUT2D eigenvalue weighted by Gasteiger charge is 2.28. The van der Waals surface area contributed by atoms with Gasteiger partial charge in [-0.2, -0.15) is 0 Å². The van der Waals surface area contributed by atoms with Crippen LogP contribution in [0.25, 0.3) is 0 Å². The first-order valence-electron chi connectivity index (χ1n) is 6.24. The third kappa shape index (κ3) is 2.34. The van der Waals surface area contributed by atoms with Gasteiger partial charge in [0.2, 0.25) is 5.91 Å². The number of carbonyl (C=O) groups is 1. The zero-order chi connectivity index (χ0) is 12.4. The maximum absolute atomic E-state index is 12.2. The van der Waals surface area contributed by atoms with Crippen molar-refractivity contribution in [1.82, 2.24) is 4.90 Å². The molecule has 0 spiro atoms. The molecule has 1 aliphatic rings. The quantitative estimate of drug-likeness (QED) is 0.865. The average Bonchev–Trinajstić information content (AvgIpc) is 2.79. The van der Waals surface area contributed by atoms with Crippen molar-refractivity contribution in [1.29, 1.82) is 0 Å². The summed E-state index contributed by atoms with van der Waals surface area (Å²) in [5.74, 6) is 0.321. The van der Waals surface area contributed by atoms with Gasteiger partial charge in [0.25, 0.3) is 0 Å². The number of benzene rings is 1. The Morgan fingerprint density at radius 3 is 2.35 bits per heavy atom. The van der Waals surface area contributed by atoms with Crippen molar-refractivity contribution in [3.05, 3.63) is 35.4 Å². The summed E-state index contributed by atoms with van der Waals surface area (Å²) in [7, 11) is 0. The monoisotopic (exact) mass is 232 g/mol. The smallest absolute Gasteiger partial charge is 0.240 e. The van der Waals surface area contributed by atoms with Crippen LogP contribution in [-0.4, -0.2) is 16.8 Å². The second-order valence-electron chi connectivity index (χ2n) is 4.87. The Hall–Kier alpha value is -1.35. The Balaban J connectivity index is 2.05. The van der Waals surface area contributed by atoms with Crippen molar-refractivity contribution in [3.8, 4) is 0 Å². The predicted molar refractivity (Wildman–Crippen MR) is 68.1 cm³/mol. The maximum atomic E-state index is 12.2. The molecule has 0 aromatic heterocycles. The zero-order valence-electron chi connectivity index (χ0n) is 10.5. The van der Waals surface area contributed by atoms with Gasteiger partial charge in [-0.15, -0.1) is 0 Å². The van der Waals surface area contributed by atoms with Gasteiger partial charge in [0.15, 0.2) is 0 Å². The van der Waals surface area contributed by atoms with Gasteiger partial charge in [0.1, 0.15) is 0 Å². The molecule has 0 bridgehead atoms. The summed E-state index contributed by atoms with van der Waals surface area (Å²) < 4.78 is 0. The molecule has 2 N–H and O–H groups in total. The van der Waals surface area contributed by atoms with E-state index in [1.165, 1.54) is 11.1 Å². The highest BCUT2D eigenvalue weighted by Crippen LogP contribution is 2.23. The van der Waals surface area contributed by atoms with Crippen molar-refractivity contribution in [3.63, 3.8) is 0 Å². The second kappa shape index (κ2) is 4.88. The minimum absolute atomic E-state index is 0.0792. The lowest BCUT2D eigenvalue weighted by Crippen LogP contribution is -2.44. The summed E-state index contributed by atoms with van der Waals surface area (Å²) in [5.41, 5.74) is 8.49. The zero-order valence-corrected chi connectivity index (χ0v) is 10.5. The number of carbonyl (C=O) groups excluding carboxylic acids is 1. The van der Waals surface area contributed by atoms with E-state index in [0.717, 1.165) is 6.42 Å². The summed E-state index contributed by atoms with van der Waals surface area (Å²) >= 11 is 0. The van der Waals surface area contributed by atoms with Crippen LogP contribution in [0, 0.1) is 5.92 Å². The van der Waals surface area contributed by atoms with Crippen LogP contribution in [-0.2, 0) is 17.9 Å². The van der Waals surface area contributed by atoms with Crippen LogP contribution < -0.4 is 5.73 Å². The SMILES string of the molecule is CCC(C)[C@H](N)C(=O)N1Cc2ccccc2C1. The molecular weight excluding hydrogens is 212 g/mol. The molecule has 2 atom stereocenters. The number of nitrogens with two attached hydrogens (primary N) is 1. The Kier molecular flexibility index (Phi) is 3.48. The number of hydrogen-bond acceptors (Lipinski definition) is 2. The van der Waals surface area contributed by atoms with Gasteiger partial charge in [0, 0.05) is 13.1 Å². The standard InChI is InChI=1S/C14H20N2O/c1-3-10(2)13(15)14(17)16-8-11-6-4-5-7-12(11)9-16/h4-7,10,13H,3,8-9,15H2,1-2H3/t10?,13-/m0/s1. The van der Waals surface area contributed by atoms with E-state index in [1.54, 1.807) is 0 Å². The molecule has 1 heterocycles. The van der Waals surface area contributed by atoms with Crippen molar-refractivity contribution in [2.75, 3.05) is 0 Å². The normalized spacial score (nSPS) is 17.7. The Morgan fingerprint density at radius 1 is 1.35 bits per heavy atom. The maximum Gasteiger partial charge on any atom is 0.240 e. The van der Waals surface area contributed by atoms with Crippen LogP contribution in [0.3, 0.4) is 0 Å². The molecule has 0 saturated carbocycles. The number of rotatable bonds is 3. The van der Waals surface area contributed by atoms with E-state index in [1.807, 2.05) is 24.0 Å². The third-order valence-electron chi connectivity index (χ3n) is 3.69. The van der Waals surface area contributed by atoms with Gasteiger partial charge < -0.3 is 10.6 Å². The van der Waals surface area contributed by atoms with E-state index < -0.39 is 0 Å². The summed E-state index contributed by atoms with van der Waals surface area (Å²) in [6, 6.07) is 7.83. The molecule has 1 aromatic carbocycles. The Bertz CT molecular complexity index is 391. The van der Waals surface area contributed by atoms with Crippen molar-refractivity contribution < 1.29 is 4.79 Å². The molecule has 0 aliphatic carbocycles. The van der Waals surface area contributed by atoms with Gasteiger partial charge in [-0.1, -0.05) is 44.5 Å². The van der Waals surface area contributed by atoms with Gasteiger partial charge in [-0.25, -0.2) is 0 Å². The first-order chi connectivity index (χ1) is 8.13. The number of nitrogens with zero attached hydrogens (tertiary/aromatic N) is 1. The lowest BCUT2D eigenvalue weighted by molar-refractivity contribution is -0.134. The molecule has 1 amide bonds. The highest BCUT2D eigenvalue weighted by molar-refractivity contribution is 5.82. The van der Waals surface area contributed by atoms with Crippen molar-refractivity contribution >= 4 is 5.91 Å². The fourth-order valence-electron chi connectivity index (χ4n) is 2.20. The third-order valence-corrected chi connectivity index (χ3v) is 3.69. The van der Waals surface area contributed by atoms with Crippen LogP contribution in [0.2, 0.25) is 0 Å². The van der Waals surface area contributed by atoms with E-state index >= 15 is 0 Å². The van der Waals surface area contributed by atoms with Crippen LogP contribution in [0.4, 0.5) is 0 Å². The number of amides is 1. The number of fused-ring (bicyclic) bond motifs is 1. The molecule has 0 fully saturated rings. The molecule has 2 rings (SSSR count). The molecular formula is C14H20N2O. The van der Waals surface area contributed by atoms with E-state index in [0.29, 0.717) is 13.1 Å². The summed E-state index contributed by atoms with van der Waals surface area (Å²) in [5, 5.41) is 0. The molecule has 3 nitrogen and oxygen atoms in total. The van der Waals surface area contributed by atoms with Crippen LogP contribution >= 0.6 is 0 Å². The lowest BCUT2D eigenvalue weighted by Gasteiger charge is -2.23. The molecule has 0 radical (unpaired) electrons. The van der Waals surface area contributed by atoms with Crippen LogP contribution in [0.5, 0.6) is 0 Å². The van der Waals surface area contributed by atoms with Crippen LogP contribution in [0.15, 0.2) is 24.3 Å². The fraction of sp³-hybridized carbons (Fsp3) is 0.500. The van der Waals surface area contributed by atoms with Crippen LogP contribution in [0.1, 0.15) is 31.4 Å². The largest absolute Gasteiger partial charge is 0.333 e. The van der Waals surface area contributed by atoms with Crippen molar-refractivity contribution in [2.45, 2.75) is 39.4 Å². The Morgan fingerprint density at radius 2 is 1.88 bits per heavy atom. The molecule has 17 heavy (non-hydrogen) atoms. The molecule has 1 unspecified atom stereocenters. The predicted octanol–water partition coefficient (Wildman–Crippen LogP) is 1.90. The van der Waals surface area contributed by atoms with Crippen molar-refractivity contribution in [2.24, 2.45) is 11.7 Å². The van der Waals surface area contributed by atoms with E-state index in [4.69, 9.17) is 5.73 Å². The minimum Gasteiger partial charge on any atom is -0.333 e. The topological polar surface area (TPSA) is 46.3 Å². The van der Waals surface area contributed by atoms with Gasteiger partial charge >= 0.3 is 0 Å². The molecule has 92 valence electrons.